The van der Waals surface area contributed by atoms with Crippen molar-refractivity contribution in [1.29, 1.82) is 0 Å². The van der Waals surface area contributed by atoms with Crippen LogP contribution in [0, 0.1) is 0 Å². The topological polar surface area (TPSA) is 150 Å². The monoisotopic (exact) mass is 513 g/mol. The third kappa shape index (κ3) is 7.31. The number of amides is 3. The van der Waals surface area contributed by atoms with Gasteiger partial charge in [-0.05, 0) is 53.7 Å². The van der Waals surface area contributed by atoms with Gasteiger partial charge in [0.15, 0.2) is 0 Å². The first-order valence-electron chi connectivity index (χ1n) is 11.1. The highest BCUT2D eigenvalue weighted by Crippen LogP contribution is 2.31. The lowest BCUT2D eigenvalue weighted by molar-refractivity contribution is 0.0572. The Morgan fingerprint density at radius 2 is 1.91 bits per heavy atom. The predicted molar refractivity (Wildman–Crippen MR) is 126 cm³/mol. The SMILES string of the molecule is NC(=O)c1c(OCc2cc(CF)ccc2CF)nsc1NC(=O)NCCCCN1CC(O)C(O)C1. The Kier molecular flexibility index (Phi) is 9.72. The maximum atomic E-state index is 13.2. The Balaban J connectivity index is 1.50. The number of carbonyl (C=O) groups is 2. The summed E-state index contributed by atoms with van der Waals surface area (Å²) in [5.41, 5.74) is 6.44. The third-order valence-electron chi connectivity index (χ3n) is 5.59. The number of primary amides is 1. The molecule has 0 bridgehead atoms. The molecular formula is C22H29F2N5O5S. The number of nitrogens with zero attached hydrogens (tertiary/aromatic N) is 2. The maximum absolute atomic E-state index is 13.2. The normalized spacial score (nSPS) is 17.9. The van der Waals surface area contributed by atoms with Crippen LogP contribution < -0.4 is 21.1 Å². The van der Waals surface area contributed by atoms with E-state index in [4.69, 9.17) is 10.5 Å². The van der Waals surface area contributed by atoms with Crippen molar-refractivity contribution in [2.24, 2.45) is 5.73 Å². The van der Waals surface area contributed by atoms with E-state index in [2.05, 4.69) is 15.0 Å². The first-order chi connectivity index (χ1) is 16.8. The van der Waals surface area contributed by atoms with Crippen molar-refractivity contribution >= 4 is 28.5 Å². The van der Waals surface area contributed by atoms with Crippen LogP contribution in [0.2, 0.25) is 0 Å². The smallest absolute Gasteiger partial charge is 0.319 e. The van der Waals surface area contributed by atoms with Crippen LogP contribution in [0.15, 0.2) is 18.2 Å². The van der Waals surface area contributed by atoms with Gasteiger partial charge in [-0.25, -0.2) is 13.6 Å². The van der Waals surface area contributed by atoms with Gasteiger partial charge in [0.25, 0.3) is 5.91 Å². The molecule has 35 heavy (non-hydrogen) atoms. The number of hydrogen-bond donors (Lipinski definition) is 5. The minimum Gasteiger partial charge on any atom is -0.472 e. The summed E-state index contributed by atoms with van der Waals surface area (Å²) < 4.78 is 35.8. The largest absolute Gasteiger partial charge is 0.472 e. The van der Waals surface area contributed by atoms with Gasteiger partial charge in [0, 0.05) is 19.6 Å². The number of hydrogen-bond acceptors (Lipinski definition) is 8. The highest BCUT2D eigenvalue weighted by Gasteiger charge is 2.28. The fourth-order valence-corrected chi connectivity index (χ4v) is 4.42. The minimum absolute atomic E-state index is 0.105. The van der Waals surface area contributed by atoms with E-state index in [1.807, 2.05) is 4.90 Å². The third-order valence-corrected chi connectivity index (χ3v) is 6.33. The van der Waals surface area contributed by atoms with Gasteiger partial charge in [-0.2, -0.15) is 4.37 Å². The molecular weight excluding hydrogens is 484 g/mol. The molecule has 0 radical (unpaired) electrons. The van der Waals surface area contributed by atoms with Crippen molar-refractivity contribution in [3.05, 3.63) is 40.5 Å². The molecule has 192 valence electrons. The standard InChI is InChI=1S/C22H29F2N5O5S/c23-8-13-3-4-14(9-24)15(7-13)12-34-20-18(19(25)32)21(35-28-20)27-22(33)26-5-1-2-6-29-10-16(30)17(31)11-29/h3-4,7,16-17,30-31H,1-2,5-6,8-12H2,(H2,25,32)(H2,26,27,33). The number of β-amino-alcohol motifs (C(OH)–C–C–N with tert-alkyl or cyclic N) is 2. The fraction of sp³-hybridized carbons (Fsp3) is 0.500. The number of alkyl halides is 2. The van der Waals surface area contributed by atoms with E-state index in [1.54, 1.807) is 0 Å². The van der Waals surface area contributed by atoms with Crippen molar-refractivity contribution in [2.75, 3.05) is 31.5 Å². The summed E-state index contributed by atoms with van der Waals surface area (Å²) >= 11 is 0.811. The number of aliphatic hydroxyl groups excluding tert-OH is 2. The number of ether oxygens (including phenoxy) is 1. The lowest BCUT2D eigenvalue weighted by Gasteiger charge is -2.14. The van der Waals surface area contributed by atoms with Gasteiger partial charge in [0.05, 0.1) is 12.2 Å². The molecule has 3 rings (SSSR count). The van der Waals surface area contributed by atoms with E-state index in [-0.39, 0.29) is 23.1 Å². The number of benzene rings is 1. The molecule has 13 heteroatoms. The first kappa shape index (κ1) is 26.7. The highest BCUT2D eigenvalue weighted by molar-refractivity contribution is 7.11. The van der Waals surface area contributed by atoms with Crippen molar-refractivity contribution < 1.29 is 33.3 Å². The Bertz CT molecular complexity index is 1010. The minimum atomic E-state index is -0.859. The molecule has 2 heterocycles. The summed E-state index contributed by atoms with van der Waals surface area (Å²) in [6, 6.07) is 3.88. The Morgan fingerprint density at radius 3 is 2.57 bits per heavy atom. The van der Waals surface area contributed by atoms with Crippen LogP contribution in [0.5, 0.6) is 5.88 Å². The van der Waals surface area contributed by atoms with Crippen LogP contribution >= 0.6 is 11.5 Å². The molecule has 10 nitrogen and oxygen atoms in total. The number of unbranched alkanes of at least 4 members (excludes halogenated alkanes) is 1. The van der Waals surface area contributed by atoms with Gasteiger partial charge < -0.3 is 26.0 Å². The van der Waals surface area contributed by atoms with Crippen LogP contribution in [0.3, 0.4) is 0 Å². The molecule has 1 fully saturated rings. The van der Waals surface area contributed by atoms with Crippen molar-refractivity contribution in [3.8, 4) is 5.88 Å². The second-order valence-electron chi connectivity index (χ2n) is 8.20. The van der Waals surface area contributed by atoms with Crippen molar-refractivity contribution in [3.63, 3.8) is 0 Å². The Labute approximate surface area is 205 Å². The molecule has 2 unspecified atom stereocenters. The number of urea groups is 1. The molecule has 2 aromatic rings. The van der Waals surface area contributed by atoms with Gasteiger partial charge in [0.2, 0.25) is 5.88 Å². The lowest BCUT2D eigenvalue weighted by Crippen LogP contribution is -2.31. The summed E-state index contributed by atoms with van der Waals surface area (Å²) in [6.45, 7) is 0.283. The van der Waals surface area contributed by atoms with E-state index < -0.39 is 37.5 Å². The van der Waals surface area contributed by atoms with E-state index in [1.165, 1.54) is 18.2 Å². The first-order valence-corrected chi connectivity index (χ1v) is 11.9. The Morgan fingerprint density at radius 1 is 1.17 bits per heavy atom. The summed E-state index contributed by atoms with van der Waals surface area (Å²) in [7, 11) is 0. The van der Waals surface area contributed by atoms with Crippen molar-refractivity contribution in [2.45, 2.75) is 45.0 Å². The zero-order valence-electron chi connectivity index (χ0n) is 19.0. The van der Waals surface area contributed by atoms with E-state index in [0.29, 0.717) is 49.3 Å². The maximum Gasteiger partial charge on any atom is 0.319 e. The van der Waals surface area contributed by atoms with Crippen LogP contribution in [0.4, 0.5) is 18.6 Å². The number of nitrogens with one attached hydrogen (secondary N) is 2. The number of likely N-dealkylation sites (tertiary alicyclic amines) is 1. The number of aromatic nitrogens is 1. The van der Waals surface area contributed by atoms with Gasteiger partial charge in [-0.1, -0.05) is 12.1 Å². The van der Waals surface area contributed by atoms with Gasteiger partial charge >= 0.3 is 6.03 Å². The summed E-state index contributed by atoms with van der Waals surface area (Å²) in [6.07, 6.45) is -0.0182. The predicted octanol–water partition coefficient (Wildman–Crippen LogP) is 1.70. The number of nitrogens with two attached hydrogens (primary N) is 1. The van der Waals surface area contributed by atoms with E-state index in [0.717, 1.165) is 18.0 Å². The van der Waals surface area contributed by atoms with Gasteiger partial charge in [-0.3, -0.25) is 15.0 Å². The number of anilines is 1. The fourth-order valence-electron chi connectivity index (χ4n) is 3.69. The molecule has 2 atom stereocenters. The van der Waals surface area contributed by atoms with Gasteiger partial charge in [0.1, 0.15) is 30.5 Å². The quantitative estimate of drug-likeness (QED) is 0.271. The molecule has 1 aliphatic heterocycles. The molecule has 6 N–H and O–H groups in total. The molecule has 1 aromatic heterocycles. The average molecular weight is 514 g/mol. The van der Waals surface area contributed by atoms with Crippen LogP contribution in [0.25, 0.3) is 0 Å². The number of aliphatic hydroxyl groups is 2. The molecule has 0 aliphatic carbocycles. The second kappa shape index (κ2) is 12.7. The molecule has 1 aromatic carbocycles. The number of carbonyl (C=O) groups excluding carboxylic acids is 2. The molecule has 3 amide bonds. The molecule has 1 aliphatic rings. The average Bonchev–Trinajstić information content (AvgIpc) is 3.38. The van der Waals surface area contributed by atoms with Crippen LogP contribution in [-0.2, 0) is 20.0 Å². The lowest BCUT2D eigenvalue weighted by atomic mass is 10.1. The summed E-state index contributed by atoms with van der Waals surface area (Å²) in [5, 5.41) is 24.4. The van der Waals surface area contributed by atoms with E-state index >= 15 is 0 Å². The number of halogens is 2. The molecule has 0 saturated carbocycles. The summed E-state index contributed by atoms with van der Waals surface area (Å²) in [5.74, 6) is -0.967. The zero-order valence-corrected chi connectivity index (χ0v) is 19.8. The Hall–Kier alpha value is -2.87. The van der Waals surface area contributed by atoms with Crippen LogP contribution in [-0.4, -0.2) is 69.8 Å². The number of rotatable bonds is 12. The van der Waals surface area contributed by atoms with Crippen LogP contribution in [0.1, 0.15) is 39.9 Å². The zero-order chi connectivity index (χ0) is 25.4. The molecule has 1 saturated heterocycles. The molecule has 0 spiro atoms. The summed E-state index contributed by atoms with van der Waals surface area (Å²) in [4.78, 5) is 26.2. The van der Waals surface area contributed by atoms with E-state index in [9.17, 15) is 28.6 Å². The van der Waals surface area contributed by atoms with Gasteiger partial charge in [-0.15, -0.1) is 0 Å². The van der Waals surface area contributed by atoms with Crippen molar-refractivity contribution in [1.82, 2.24) is 14.6 Å². The highest BCUT2D eigenvalue weighted by atomic mass is 32.1. The second-order valence-corrected chi connectivity index (χ2v) is 8.97.